The normalized spacial score (nSPS) is 26.9. The van der Waals surface area contributed by atoms with Crippen LogP contribution in [0.15, 0.2) is 0 Å². The van der Waals surface area contributed by atoms with E-state index >= 15 is 0 Å². The van der Waals surface area contributed by atoms with E-state index in [-0.39, 0.29) is 23.9 Å². The summed E-state index contributed by atoms with van der Waals surface area (Å²) in [5.41, 5.74) is 5.87. The fourth-order valence-electron chi connectivity index (χ4n) is 2.23. The van der Waals surface area contributed by atoms with E-state index in [4.69, 9.17) is 11.0 Å². The SMILES string of the molecule is CC(CC#N)N(C)C(=O)C1CCCC(N)C1. The van der Waals surface area contributed by atoms with Crippen molar-refractivity contribution in [1.82, 2.24) is 4.90 Å². The molecule has 16 heavy (non-hydrogen) atoms. The van der Waals surface area contributed by atoms with Gasteiger partial charge in [0.15, 0.2) is 0 Å². The van der Waals surface area contributed by atoms with Crippen molar-refractivity contribution in [2.45, 2.75) is 51.1 Å². The molecule has 0 aromatic carbocycles. The third kappa shape index (κ3) is 3.21. The smallest absolute Gasteiger partial charge is 0.225 e. The Hall–Kier alpha value is -1.08. The van der Waals surface area contributed by atoms with Crippen molar-refractivity contribution < 1.29 is 4.79 Å². The Kier molecular flexibility index (Phi) is 4.75. The number of carbonyl (C=O) groups is 1. The van der Waals surface area contributed by atoms with Gasteiger partial charge < -0.3 is 10.6 Å². The second kappa shape index (κ2) is 5.86. The van der Waals surface area contributed by atoms with Gasteiger partial charge in [-0.3, -0.25) is 4.79 Å². The molecule has 2 N–H and O–H groups in total. The van der Waals surface area contributed by atoms with Gasteiger partial charge in [0.25, 0.3) is 0 Å². The van der Waals surface area contributed by atoms with Crippen LogP contribution in [0, 0.1) is 17.2 Å². The fraction of sp³-hybridized carbons (Fsp3) is 0.833. The third-order valence-corrected chi connectivity index (χ3v) is 3.46. The molecule has 1 fully saturated rings. The van der Waals surface area contributed by atoms with Crippen LogP contribution in [0.25, 0.3) is 0 Å². The maximum absolute atomic E-state index is 12.1. The van der Waals surface area contributed by atoms with Gasteiger partial charge in [-0.1, -0.05) is 6.42 Å². The van der Waals surface area contributed by atoms with E-state index in [1.165, 1.54) is 0 Å². The molecule has 4 heteroatoms. The minimum absolute atomic E-state index is 0.00403. The molecule has 0 aliphatic heterocycles. The average molecular weight is 223 g/mol. The lowest BCUT2D eigenvalue weighted by atomic mass is 9.85. The van der Waals surface area contributed by atoms with Crippen LogP contribution < -0.4 is 5.73 Å². The minimum Gasteiger partial charge on any atom is -0.342 e. The summed E-state index contributed by atoms with van der Waals surface area (Å²) in [6.07, 6.45) is 4.19. The van der Waals surface area contributed by atoms with Gasteiger partial charge in [0.2, 0.25) is 5.91 Å². The summed E-state index contributed by atoms with van der Waals surface area (Å²) >= 11 is 0. The van der Waals surface area contributed by atoms with Crippen LogP contribution in [0.4, 0.5) is 0 Å². The number of nitriles is 1. The highest BCUT2D eigenvalue weighted by Crippen LogP contribution is 2.25. The summed E-state index contributed by atoms with van der Waals surface area (Å²) in [5, 5.41) is 8.61. The Bertz CT molecular complexity index is 284. The maximum atomic E-state index is 12.1. The van der Waals surface area contributed by atoms with Gasteiger partial charge in [-0.05, 0) is 26.2 Å². The van der Waals surface area contributed by atoms with E-state index in [1.54, 1.807) is 11.9 Å². The molecule has 1 aliphatic carbocycles. The zero-order chi connectivity index (χ0) is 12.1. The molecule has 4 nitrogen and oxygen atoms in total. The molecule has 0 spiro atoms. The number of carbonyl (C=O) groups excluding carboxylic acids is 1. The van der Waals surface area contributed by atoms with Crippen LogP contribution in [0.1, 0.15) is 39.0 Å². The lowest BCUT2D eigenvalue weighted by molar-refractivity contribution is -0.137. The van der Waals surface area contributed by atoms with Crippen molar-refractivity contribution in [3.63, 3.8) is 0 Å². The van der Waals surface area contributed by atoms with Crippen LogP contribution in [-0.2, 0) is 4.79 Å². The minimum atomic E-state index is -0.00403. The summed E-state index contributed by atoms with van der Waals surface area (Å²) in [6.45, 7) is 1.91. The largest absolute Gasteiger partial charge is 0.342 e. The quantitative estimate of drug-likeness (QED) is 0.783. The van der Waals surface area contributed by atoms with Crippen LogP contribution in [0.2, 0.25) is 0 Å². The topological polar surface area (TPSA) is 70.1 Å². The Morgan fingerprint density at radius 3 is 2.88 bits per heavy atom. The van der Waals surface area contributed by atoms with Gasteiger partial charge in [0.05, 0.1) is 12.5 Å². The second-order valence-electron chi connectivity index (χ2n) is 4.78. The lowest BCUT2D eigenvalue weighted by Gasteiger charge is -2.31. The van der Waals surface area contributed by atoms with Crippen molar-refractivity contribution in [3.8, 4) is 6.07 Å². The predicted molar refractivity (Wildman–Crippen MR) is 62.4 cm³/mol. The molecule has 1 aliphatic rings. The number of nitrogens with zero attached hydrogens (tertiary/aromatic N) is 2. The van der Waals surface area contributed by atoms with Gasteiger partial charge in [0.1, 0.15) is 0 Å². The fourth-order valence-corrected chi connectivity index (χ4v) is 2.23. The Morgan fingerprint density at radius 2 is 2.31 bits per heavy atom. The van der Waals surface area contributed by atoms with Crippen molar-refractivity contribution in [2.75, 3.05) is 7.05 Å². The first-order valence-electron chi connectivity index (χ1n) is 5.95. The molecule has 3 atom stereocenters. The van der Waals surface area contributed by atoms with E-state index in [0.29, 0.717) is 6.42 Å². The van der Waals surface area contributed by atoms with Crippen molar-refractivity contribution in [1.29, 1.82) is 5.26 Å². The molecule has 0 saturated heterocycles. The van der Waals surface area contributed by atoms with Crippen molar-refractivity contribution in [2.24, 2.45) is 11.7 Å². The highest BCUT2D eigenvalue weighted by Gasteiger charge is 2.29. The summed E-state index contributed by atoms with van der Waals surface area (Å²) in [4.78, 5) is 13.8. The molecular weight excluding hydrogens is 202 g/mol. The number of nitrogens with two attached hydrogens (primary N) is 1. The number of amides is 1. The molecule has 3 unspecified atom stereocenters. The predicted octanol–water partition coefficient (Wildman–Crippen LogP) is 1.26. The monoisotopic (exact) mass is 223 g/mol. The van der Waals surface area contributed by atoms with Crippen LogP contribution in [0.5, 0.6) is 0 Å². The number of rotatable bonds is 3. The average Bonchev–Trinajstić information content (AvgIpc) is 2.27. The van der Waals surface area contributed by atoms with E-state index < -0.39 is 0 Å². The summed E-state index contributed by atoms with van der Waals surface area (Å²) in [7, 11) is 1.78. The first-order chi connectivity index (χ1) is 7.56. The second-order valence-corrected chi connectivity index (χ2v) is 4.78. The van der Waals surface area contributed by atoms with Crippen molar-refractivity contribution in [3.05, 3.63) is 0 Å². The molecular formula is C12H21N3O. The molecule has 0 aromatic heterocycles. The van der Waals surface area contributed by atoms with E-state index in [1.807, 2.05) is 6.92 Å². The van der Waals surface area contributed by atoms with E-state index in [0.717, 1.165) is 25.7 Å². The highest BCUT2D eigenvalue weighted by molar-refractivity contribution is 5.79. The zero-order valence-electron chi connectivity index (χ0n) is 10.1. The molecule has 0 radical (unpaired) electrons. The molecule has 1 amide bonds. The van der Waals surface area contributed by atoms with Gasteiger partial charge in [-0.25, -0.2) is 0 Å². The lowest BCUT2D eigenvalue weighted by Crippen LogP contribution is -2.42. The highest BCUT2D eigenvalue weighted by atomic mass is 16.2. The molecule has 0 bridgehead atoms. The summed E-state index contributed by atoms with van der Waals surface area (Å²) < 4.78 is 0. The van der Waals surface area contributed by atoms with Crippen LogP contribution in [0.3, 0.4) is 0 Å². The summed E-state index contributed by atoms with van der Waals surface area (Å²) in [5.74, 6) is 0.216. The zero-order valence-corrected chi connectivity index (χ0v) is 10.1. The molecule has 90 valence electrons. The first kappa shape index (κ1) is 13.0. The third-order valence-electron chi connectivity index (χ3n) is 3.46. The Balaban J connectivity index is 2.53. The number of hydrogen-bond acceptors (Lipinski definition) is 3. The van der Waals surface area contributed by atoms with Crippen molar-refractivity contribution >= 4 is 5.91 Å². The molecule has 1 rings (SSSR count). The maximum Gasteiger partial charge on any atom is 0.225 e. The molecule has 0 aromatic rings. The van der Waals surface area contributed by atoms with Crippen LogP contribution >= 0.6 is 0 Å². The van der Waals surface area contributed by atoms with Gasteiger partial charge >= 0.3 is 0 Å². The molecule has 1 saturated carbocycles. The van der Waals surface area contributed by atoms with Gasteiger partial charge in [0, 0.05) is 25.0 Å². The number of hydrogen-bond donors (Lipinski definition) is 1. The van der Waals surface area contributed by atoms with Crippen LogP contribution in [-0.4, -0.2) is 29.9 Å². The Morgan fingerprint density at radius 1 is 1.62 bits per heavy atom. The van der Waals surface area contributed by atoms with E-state index in [2.05, 4.69) is 6.07 Å². The first-order valence-corrected chi connectivity index (χ1v) is 5.95. The van der Waals surface area contributed by atoms with Gasteiger partial charge in [-0.15, -0.1) is 0 Å². The summed E-state index contributed by atoms with van der Waals surface area (Å²) in [6, 6.07) is 2.26. The Labute approximate surface area is 97.4 Å². The van der Waals surface area contributed by atoms with Gasteiger partial charge in [-0.2, -0.15) is 5.26 Å². The molecule has 0 heterocycles. The van der Waals surface area contributed by atoms with E-state index in [9.17, 15) is 4.79 Å². The standard InChI is InChI=1S/C12H21N3O/c1-9(6-7-13)15(2)12(16)10-4-3-5-11(14)8-10/h9-11H,3-6,8,14H2,1-2H3.